The van der Waals surface area contributed by atoms with Crippen LogP contribution in [-0.4, -0.2) is 36.8 Å². The predicted octanol–water partition coefficient (Wildman–Crippen LogP) is 8.44. The van der Waals surface area contributed by atoms with Crippen LogP contribution in [0.2, 0.25) is 0 Å². The zero-order valence-electron chi connectivity index (χ0n) is 24.2. The summed E-state index contributed by atoms with van der Waals surface area (Å²) in [7, 11) is 0. The SMILES string of the molecule is CC1(C)Cn2cc(cn2)Cc2c(c(F)cc3[nH]ccc23)Oc2ccc(F)c(c2)-c2ccnn2C(c2cccc(Br)c2)CCO1. The van der Waals surface area contributed by atoms with Crippen LogP contribution in [0, 0.1) is 11.6 Å². The first-order valence-corrected chi connectivity index (χ1v) is 15.2. The van der Waals surface area contributed by atoms with Gasteiger partial charge < -0.3 is 14.5 Å². The van der Waals surface area contributed by atoms with E-state index in [0.29, 0.717) is 54.1 Å². The number of fused-ring (bicyclic) bond motifs is 9. The van der Waals surface area contributed by atoms with Crippen LogP contribution < -0.4 is 4.74 Å². The van der Waals surface area contributed by atoms with E-state index in [2.05, 4.69) is 31.1 Å². The molecule has 1 atom stereocenters. The molecule has 0 fully saturated rings. The van der Waals surface area contributed by atoms with Crippen LogP contribution in [0.5, 0.6) is 11.5 Å². The molecule has 7 rings (SSSR count). The molecule has 4 bridgehead atoms. The van der Waals surface area contributed by atoms with Crippen LogP contribution in [0.3, 0.4) is 0 Å². The maximum Gasteiger partial charge on any atom is 0.168 e. The molecule has 6 aromatic rings. The highest BCUT2D eigenvalue weighted by molar-refractivity contribution is 9.10. The van der Waals surface area contributed by atoms with Crippen LogP contribution in [0.25, 0.3) is 22.2 Å². The van der Waals surface area contributed by atoms with Crippen LogP contribution in [-0.2, 0) is 17.7 Å². The van der Waals surface area contributed by atoms with Crippen molar-refractivity contribution >= 4 is 26.8 Å². The van der Waals surface area contributed by atoms with Crippen molar-refractivity contribution in [1.82, 2.24) is 24.5 Å². The zero-order chi connectivity index (χ0) is 30.4. The molecular formula is C34H30BrF2N5O2. The maximum absolute atomic E-state index is 15.7. The van der Waals surface area contributed by atoms with Gasteiger partial charge >= 0.3 is 0 Å². The lowest BCUT2D eigenvalue weighted by molar-refractivity contribution is -0.0354. The van der Waals surface area contributed by atoms with E-state index in [1.54, 1.807) is 30.7 Å². The lowest BCUT2D eigenvalue weighted by atomic mass is 10.0. The second-order valence-electron chi connectivity index (χ2n) is 11.7. The predicted molar refractivity (Wildman–Crippen MR) is 168 cm³/mol. The minimum atomic E-state index is -0.537. The van der Waals surface area contributed by atoms with Gasteiger partial charge in [-0.3, -0.25) is 9.36 Å². The topological polar surface area (TPSA) is 69.9 Å². The fourth-order valence-electron chi connectivity index (χ4n) is 5.98. The van der Waals surface area contributed by atoms with E-state index in [1.165, 1.54) is 18.2 Å². The van der Waals surface area contributed by atoms with Gasteiger partial charge in [0.2, 0.25) is 0 Å². The van der Waals surface area contributed by atoms with Crippen LogP contribution >= 0.6 is 15.9 Å². The van der Waals surface area contributed by atoms with E-state index in [9.17, 15) is 0 Å². The van der Waals surface area contributed by atoms with E-state index < -0.39 is 17.2 Å². The van der Waals surface area contributed by atoms with Gasteiger partial charge in [-0.2, -0.15) is 10.2 Å². The number of nitrogens with one attached hydrogen (secondary N) is 1. The molecule has 3 aromatic heterocycles. The zero-order valence-corrected chi connectivity index (χ0v) is 25.8. The first-order chi connectivity index (χ1) is 21.2. The minimum absolute atomic E-state index is 0.0905. The molecule has 0 aliphatic carbocycles. The molecule has 1 unspecified atom stereocenters. The van der Waals surface area contributed by atoms with Crippen molar-refractivity contribution in [1.29, 1.82) is 0 Å². The standard InChI is InChI=1S/C34H30BrF2N5O2/c1-34(2)20-41-19-21(18-40-41)14-26-25-8-11-38-30(25)17-29(37)33(26)44-24-6-7-28(36)27(16-24)32-9-12-39-42(32)31(10-13-43-34)22-4-3-5-23(35)15-22/h3-9,11-12,15-19,31,38H,10,13-14,20H2,1-2H3. The second kappa shape index (κ2) is 11.3. The van der Waals surface area contributed by atoms with E-state index in [1.807, 2.05) is 59.7 Å². The number of rotatable bonds is 1. The number of benzene rings is 3. The summed E-state index contributed by atoms with van der Waals surface area (Å²) in [5, 5.41) is 10.1. The third-order valence-electron chi connectivity index (χ3n) is 7.99. The molecule has 1 N–H and O–H groups in total. The van der Waals surface area contributed by atoms with Crippen LogP contribution in [0.4, 0.5) is 8.78 Å². The summed E-state index contributed by atoms with van der Waals surface area (Å²) in [5.74, 6) is -0.553. The maximum atomic E-state index is 15.7. The number of aromatic nitrogens is 5. The Morgan fingerprint density at radius 3 is 2.77 bits per heavy atom. The molecule has 0 radical (unpaired) electrons. The third-order valence-corrected chi connectivity index (χ3v) is 8.49. The molecule has 0 amide bonds. The van der Waals surface area contributed by atoms with Gasteiger partial charge in [-0.25, -0.2) is 8.78 Å². The van der Waals surface area contributed by atoms with Crippen molar-refractivity contribution < 1.29 is 18.3 Å². The monoisotopic (exact) mass is 657 g/mol. The molecule has 10 heteroatoms. The summed E-state index contributed by atoms with van der Waals surface area (Å²) in [6, 6.07) is 17.3. The van der Waals surface area contributed by atoms with Gasteiger partial charge in [0.15, 0.2) is 11.6 Å². The smallest absolute Gasteiger partial charge is 0.168 e. The Balaban J connectivity index is 1.39. The highest BCUT2D eigenvalue weighted by Gasteiger charge is 2.26. The lowest BCUT2D eigenvalue weighted by Crippen LogP contribution is -2.32. The van der Waals surface area contributed by atoms with Gasteiger partial charge in [0.25, 0.3) is 0 Å². The van der Waals surface area contributed by atoms with Gasteiger partial charge in [0, 0.05) is 64.2 Å². The fourth-order valence-corrected chi connectivity index (χ4v) is 6.40. The average Bonchev–Trinajstić information content (AvgIpc) is 3.75. The molecule has 4 heterocycles. The Morgan fingerprint density at radius 1 is 1.02 bits per heavy atom. The Labute approximate surface area is 261 Å². The fraction of sp³-hybridized carbons (Fsp3) is 0.235. The van der Waals surface area contributed by atoms with E-state index in [-0.39, 0.29) is 11.8 Å². The Hall–Kier alpha value is -4.28. The molecular weight excluding hydrogens is 628 g/mol. The molecule has 1 aliphatic heterocycles. The first-order valence-electron chi connectivity index (χ1n) is 14.4. The number of ether oxygens (including phenoxy) is 2. The summed E-state index contributed by atoms with van der Waals surface area (Å²) in [5.41, 5.74) is 3.56. The van der Waals surface area contributed by atoms with E-state index >= 15 is 8.78 Å². The second-order valence-corrected chi connectivity index (χ2v) is 12.6. The molecule has 7 nitrogen and oxygen atoms in total. The van der Waals surface area contributed by atoms with Gasteiger partial charge in [0.05, 0.1) is 30.1 Å². The van der Waals surface area contributed by atoms with Gasteiger partial charge in [0.1, 0.15) is 11.6 Å². The van der Waals surface area contributed by atoms with E-state index in [0.717, 1.165) is 21.0 Å². The van der Waals surface area contributed by atoms with Crippen LogP contribution in [0.1, 0.15) is 43.0 Å². The number of halogens is 3. The highest BCUT2D eigenvalue weighted by atomic mass is 79.9. The number of aromatic amines is 1. The molecule has 0 saturated carbocycles. The molecule has 3 aromatic carbocycles. The van der Waals surface area contributed by atoms with Crippen molar-refractivity contribution in [2.75, 3.05) is 6.61 Å². The summed E-state index contributed by atoms with van der Waals surface area (Å²) in [6.07, 6.45) is 8.15. The number of nitrogens with zero attached hydrogens (tertiary/aromatic N) is 4. The third kappa shape index (κ3) is 5.55. The van der Waals surface area contributed by atoms with Crippen molar-refractivity contribution in [3.05, 3.63) is 118 Å². The van der Waals surface area contributed by atoms with E-state index in [4.69, 9.17) is 9.47 Å². The van der Waals surface area contributed by atoms with Gasteiger partial charge in [-0.15, -0.1) is 0 Å². The van der Waals surface area contributed by atoms with Gasteiger partial charge in [-0.05, 0) is 73.9 Å². The molecule has 44 heavy (non-hydrogen) atoms. The number of hydrogen-bond acceptors (Lipinski definition) is 4. The number of hydrogen-bond donors (Lipinski definition) is 1. The Bertz CT molecular complexity index is 1980. The summed E-state index contributed by atoms with van der Waals surface area (Å²) in [6.45, 7) is 5.01. The van der Waals surface area contributed by atoms with Crippen LogP contribution in [0.15, 0.2) is 89.9 Å². The minimum Gasteiger partial charge on any atom is -0.454 e. The highest BCUT2D eigenvalue weighted by Crippen LogP contribution is 2.38. The summed E-state index contributed by atoms with van der Waals surface area (Å²) < 4.78 is 48.6. The number of H-pyrrole nitrogens is 1. The summed E-state index contributed by atoms with van der Waals surface area (Å²) in [4.78, 5) is 3.10. The average molecular weight is 659 g/mol. The largest absolute Gasteiger partial charge is 0.454 e. The van der Waals surface area contributed by atoms with Crippen molar-refractivity contribution in [3.8, 4) is 22.8 Å². The van der Waals surface area contributed by atoms with Crippen molar-refractivity contribution in [2.45, 2.75) is 44.9 Å². The van der Waals surface area contributed by atoms with Crippen molar-refractivity contribution in [2.24, 2.45) is 0 Å². The quantitative estimate of drug-likeness (QED) is 0.193. The first kappa shape index (κ1) is 28.5. The van der Waals surface area contributed by atoms with Crippen molar-refractivity contribution in [3.63, 3.8) is 0 Å². The molecule has 224 valence electrons. The molecule has 0 spiro atoms. The normalized spacial score (nSPS) is 16.9. The summed E-state index contributed by atoms with van der Waals surface area (Å²) >= 11 is 3.59. The Kier molecular flexibility index (Phi) is 7.34. The van der Waals surface area contributed by atoms with Gasteiger partial charge in [-0.1, -0.05) is 28.1 Å². The molecule has 0 saturated heterocycles. The lowest BCUT2D eigenvalue weighted by Gasteiger charge is -2.27. The Morgan fingerprint density at radius 2 is 1.91 bits per heavy atom. The molecule has 1 aliphatic rings.